The second-order valence-corrected chi connectivity index (χ2v) is 8.61. The number of halogens is 1. The fraction of sp³-hybridized carbons (Fsp3) is 0.423. The number of aliphatic hydroxyl groups is 2. The maximum atomic E-state index is 13.3. The van der Waals surface area contributed by atoms with Gasteiger partial charge < -0.3 is 15.1 Å². The Morgan fingerprint density at radius 3 is 2.47 bits per heavy atom. The van der Waals surface area contributed by atoms with Crippen molar-refractivity contribution in [1.82, 2.24) is 9.80 Å². The van der Waals surface area contributed by atoms with Crippen LogP contribution in [0.4, 0.5) is 4.39 Å². The summed E-state index contributed by atoms with van der Waals surface area (Å²) in [6.45, 7) is 3.84. The first-order valence-electron chi connectivity index (χ1n) is 11.2. The summed E-state index contributed by atoms with van der Waals surface area (Å²) in [5, 5.41) is 19.4. The van der Waals surface area contributed by atoms with E-state index in [4.69, 9.17) is 0 Å². The van der Waals surface area contributed by atoms with Crippen molar-refractivity contribution in [2.45, 2.75) is 43.9 Å². The number of fused-ring (bicyclic) bond motifs is 1. The second kappa shape index (κ2) is 9.83. The van der Waals surface area contributed by atoms with E-state index in [1.807, 2.05) is 29.2 Å². The van der Waals surface area contributed by atoms with Gasteiger partial charge in [0.15, 0.2) is 0 Å². The van der Waals surface area contributed by atoms with Gasteiger partial charge >= 0.3 is 0 Å². The van der Waals surface area contributed by atoms with E-state index in [2.05, 4.69) is 16.7 Å². The zero-order valence-corrected chi connectivity index (χ0v) is 18.2. The summed E-state index contributed by atoms with van der Waals surface area (Å²) in [6, 6.07) is 13.8. The van der Waals surface area contributed by atoms with E-state index < -0.39 is 6.10 Å². The van der Waals surface area contributed by atoms with Gasteiger partial charge in [-0.1, -0.05) is 24.0 Å². The minimum absolute atomic E-state index is 0.0234. The standard InChI is InChI=1S/C26H29FN2O3/c1-18(31)4-5-19-6-8-20(9-7-19)25-23-16-28(14-2-3-15-29(23)24(25)17-30)26(32)21-10-12-22(27)13-11-21/h6-13,18,23-25,30-31H,2-3,14-17H2,1H3/t18-,23+,24+,25+/m1/s1. The van der Waals surface area contributed by atoms with E-state index in [9.17, 15) is 19.4 Å². The largest absolute Gasteiger partial charge is 0.395 e. The monoisotopic (exact) mass is 436 g/mol. The Bertz CT molecular complexity index is 994. The number of hydrogen-bond acceptors (Lipinski definition) is 4. The topological polar surface area (TPSA) is 64.0 Å². The SMILES string of the molecule is C[C@@H](O)C#Cc1ccc([C@@H]2[C@H](CO)N3CCCCN(C(=O)c4ccc(F)cc4)C[C@@H]23)cc1. The maximum absolute atomic E-state index is 13.3. The first kappa shape index (κ1) is 22.5. The van der Waals surface area contributed by atoms with E-state index in [1.165, 1.54) is 24.3 Å². The maximum Gasteiger partial charge on any atom is 0.253 e. The highest BCUT2D eigenvalue weighted by atomic mass is 19.1. The van der Waals surface area contributed by atoms with Crippen molar-refractivity contribution in [3.05, 3.63) is 71.0 Å². The zero-order chi connectivity index (χ0) is 22.7. The summed E-state index contributed by atoms with van der Waals surface area (Å²) >= 11 is 0. The predicted molar refractivity (Wildman–Crippen MR) is 121 cm³/mol. The first-order chi connectivity index (χ1) is 15.5. The number of aliphatic hydroxyl groups excluding tert-OH is 2. The molecule has 2 aliphatic rings. The Labute approximate surface area is 188 Å². The number of carbonyl (C=O) groups excluding carboxylic acids is 1. The van der Waals surface area contributed by atoms with Crippen molar-refractivity contribution in [3.8, 4) is 11.8 Å². The molecule has 2 aromatic carbocycles. The van der Waals surface area contributed by atoms with Gasteiger partial charge in [0.05, 0.1) is 6.61 Å². The molecule has 0 spiro atoms. The molecule has 5 nitrogen and oxygen atoms in total. The lowest BCUT2D eigenvalue weighted by Gasteiger charge is -2.57. The Balaban J connectivity index is 1.55. The van der Waals surface area contributed by atoms with Crippen LogP contribution < -0.4 is 0 Å². The van der Waals surface area contributed by atoms with Gasteiger partial charge in [0.25, 0.3) is 5.91 Å². The lowest BCUT2D eigenvalue weighted by atomic mass is 9.74. The summed E-state index contributed by atoms with van der Waals surface area (Å²) in [6.07, 6.45) is 1.18. The predicted octanol–water partition coefficient (Wildman–Crippen LogP) is 2.62. The summed E-state index contributed by atoms with van der Waals surface area (Å²) in [4.78, 5) is 17.3. The molecule has 2 aromatic rings. The van der Waals surface area contributed by atoms with Crippen molar-refractivity contribution in [2.24, 2.45) is 0 Å². The molecular formula is C26H29FN2O3. The normalized spacial score (nSPS) is 24.2. The summed E-state index contributed by atoms with van der Waals surface area (Å²) in [5.74, 6) is 5.37. The molecule has 0 bridgehead atoms. The van der Waals surface area contributed by atoms with E-state index in [0.717, 1.165) is 30.5 Å². The third kappa shape index (κ3) is 4.71. The van der Waals surface area contributed by atoms with Crippen molar-refractivity contribution in [3.63, 3.8) is 0 Å². The first-order valence-corrected chi connectivity index (χ1v) is 11.2. The van der Waals surface area contributed by atoms with Gasteiger partial charge in [-0.25, -0.2) is 4.39 Å². The molecule has 2 saturated heterocycles. The molecule has 2 heterocycles. The molecule has 168 valence electrons. The molecule has 0 saturated carbocycles. The number of nitrogens with zero attached hydrogens (tertiary/aromatic N) is 2. The third-order valence-electron chi connectivity index (χ3n) is 6.47. The Hall–Kier alpha value is -2.72. The number of hydrogen-bond donors (Lipinski definition) is 2. The van der Waals surface area contributed by atoms with Crippen LogP contribution in [0.25, 0.3) is 0 Å². The molecule has 0 unspecified atom stereocenters. The minimum Gasteiger partial charge on any atom is -0.395 e. The Kier molecular flexibility index (Phi) is 6.90. The molecule has 2 fully saturated rings. The Morgan fingerprint density at radius 1 is 1.12 bits per heavy atom. The molecule has 0 radical (unpaired) electrons. The summed E-state index contributed by atoms with van der Waals surface area (Å²) in [5.41, 5.74) is 2.44. The van der Waals surface area contributed by atoms with Gasteiger partial charge in [-0.3, -0.25) is 9.69 Å². The van der Waals surface area contributed by atoms with Crippen molar-refractivity contribution in [1.29, 1.82) is 0 Å². The van der Waals surface area contributed by atoms with E-state index in [0.29, 0.717) is 18.7 Å². The Morgan fingerprint density at radius 2 is 1.81 bits per heavy atom. The van der Waals surface area contributed by atoms with Crippen LogP contribution in [0.2, 0.25) is 0 Å². The summed E-state index contributed by atoms with van der Waals surface area (Å²) < 4.78 is 13.3. The molecule has 4 atom stereocenters. The summed E-state index contributed by atoms with van der Waals surface area (Å²) in [7, 11) is 0. The highest BCUT2D eigenvalue weighted by Crippen LogP contribution is 2.42. The molecule has 1 amide bonds. The van der Waals surface area contributed by atoms with Crippen LogP contribution in [-0.4, -0.2) is 70.3 Å². The van der Waals surface area contributed by atoms with Gasteiger partial charge in [0.1, 0.15) is 11.9 Å². The van der Waals surface area contributed by atoms with Crippen molar-refractivity contribution < 1.29 is 19.4 Å². The van der Waals surface area contributed by atoms with Gasteiger partial charge in [0, 0.05) is 42.2 Å². The number of amides is 1. The molecule has 6 heteroatoms. The van der Waals surface area contributed by atoms with E-state index in [-0.39, 0.29) is 36.3 Å². The quantitative estimate of drug-likeness (QED) is 0.727. The fourth-order valence-corrected chi connectivity index (χ4v) is 4.88. The van der Waals surface area contributed by atoms with Crippen LogP contribution >= 0.6 is 0 Å². The second-order valence-electron chi connectivity index (χ2n) is 8.61. The lowest BCUT2D eigenvalue weighted by molar-refractivity contribution is -0.0606. The average Bonchev–Trinajstić information content (AvgIpc) is 2.77. The number of carbonyl (C=O) groups is 1. The molecule has 2 N–H and O–H groups in total. The molecular weight excluding hydrogens is 407 g/mol. The number of benzene rings is 2. The molecule has 0 aromatic heterocycles. The molecule has 32 heavy (non-hydrogen) atoms. The average molecular weight is 437 g/mol. The lowest BCUT2D eigenvalue weighted by Crippen LogP contribution is -2.67. The fourth-order valence-electron chi connectivity index (χ4n) is 4.88. The number of rotatable bonds is 3. The zero-order valence-electron chi connectivity index (χ0n) is 18.2. The van der Waals surface area contributed by atoms with Crippen LogP contribution in [0.3, 0.4) is 0 Å². The van der Waals surface area contributed by atoms with Gasteiger partial charge in [-0.05, 0) is 68.3 Å². The minimum atomic E-state index is -0.673. The van der Waals surface area contributed by atoms with Gasteiger partial charge in [0.2, 0.25) is 0 Å². The molecule has 2 aliphatic heterocycles. The van der Waals surface area contributed by atoms with Crippen molar-refractivity contribution in [2.75, 3.05) is 26.2 Å². The van der Waals surface area contributed by atoms with Crippen LogP contribution in [0, 0.1) is 17.7 Å². The van der Waals surface area contributed by atoms with Gasteiger partial charge in [-0.15, -0.1) is 0 Å². The third-order valence-corrected chi connectivity index (χ3v) is 6.47. The van der Waals surface area contributed by atoms with E-state index >= 15 is 0 Å². The van der Waals surface area contributed by atoms with Gasteiger partial charge in [-0.2, -0.15) is 0 Å². The van der Waals surface area contributed by atoms with Crippen LogP contribution in [0.15, 0.2) is 48.5 Å². The van der Waals surface area contributed by atoms with Crippen LogP contribution in [0.5, 0.6) is 0 Å². The smallest absolute Gasteiger partial charge is 0.253 e. The molecule has 4 rings (SSSR count). The van der Waals surface area contributed by atoms with Crippen LogP contribution in [0.1, 0.15) is 47.2 Å². The molecule has 0 aliphatic carbocycles. The highest BCUT2D eigenvalue weighted by Gasteiger charge is 2.49. The van der Waals surface area contributed by atoms with Crippen LogP contribution in [-0.2, 0) is 0 Å². The highest BCUT2D eigenvalue weighted by molar-refractivity contribution is 5.94. The van der Waals surface area contributed by atoms with Crippen molar-refractivity contribution >= 4 is 5.91 Å². The van der Waals surface area contributed by atoms with E-state index in [1.54, 1.807) is 6.92 Å².